The number of aromatic nitrogens is 2. The SMILES string of the molecule is CC(C)c1ncc(Cl)c(C(=O)N2CCNCC2c2ccccc2Cl)n1.Cl. The lowest BCUT2D eigenvalue weighted by molar-refractivity contribution is 0.0628. The van der Waals surface area contributed by atoms with Crippen LogP contribution < -0.4 is 5.32 Å². The van der Waals surface area contributed by atoms with Gasteiger partial charge in [-0.1, -0.05) is 55.2 Å². The van der Waals surface area contributed by atoms with E-state index in [1.54, 1.807) is 4.90 Å². The average Bonchev–Trinajstić information content (AvgIpc) is 2.62. The van der Waals surface area contributed by atoms with Crippen molar-refractivity contribution in [1.29, 1.82) is 0 Å². The highest BCUT2D eigenvalue weighted by molar-refractivity contribution is 6.33. The maximum absolute atomic E-state index is 13.2. The van der Waals surface area contributed by atoms with Gasteiger partial charge in [-0.2, -0.15) is 0 Å². The second-order valence-electron chi connectivity index (χ2n) is 6.32. The first-order valence-electron chi connectivity index (χ1n) is 8.27. The summed E-state index contributed by atoms with van der Waals surface area (Å²) in [4.78, 5) is 23.6. The van der Waals surface area contributed by atoms with Crippen molar-refractivity contribution in [2.75, 3.05) is 19.6 Å². The summed E-state index contributed by atoms with van der Waals surface area (Å²) < 4.78 is 0. The topological polar surface area (TPSA) is 58.1 Å². The van der Waals surface area contributed by atoms with E-state index in [0.29, 0.717) is 30.5 Å². The Morgan fingerprint density at radius 2 is 2.00 bits per heavy atom. The summed E-state index contributed by atoms with van der Waals surface area (Å²) in [7, 11) is 0. The van der Waals surface area contributed by atoms with Gasteiger partial charge in [-0.05, 0) is 11.6 Å². The van der Waals surface area contributed by atoms with Gasteiger partial charge in [-0.3, -0.25) is 4.79 Å². The maximum atomic E-state index is 13.2. The molecular weight excluding hydrogens is 395 g/mol. The van der Waals surface area contributed by atoms with Gasteiger partial charge in [0.05, 0.1) is 17.3 Å². The van der Waals surface area contributed by atoms with Crippen LogP contribution in [0.5, 0.6) is 0 Å². The third kappa shape index (κ3) is 4.29. The van der Waals surface area contributed by atoms with Gasteiger partial charge in [0.2, 0.25) is 0 Å². The molecule has 5 nitrogen and oxygen atoms in total. The zero-order valence-electron chi connectivity index (χ0n) is 14.6. The summed E-state index contributed by atoms with van der Waals surface area (Å²) in [6.07, 6.45) is 1.50. The van der Waals surface area contributed by atoms with Crippen LogP contribution in [0.25, 0.3) is 0 Å². The molecule has 0 bridgehead atoms. The van der Waals surface area contributed by atoms with Gasteiger partial charge in [-0.15, -0.1) is 12.4 Å². The fourth-order valence-corrected chi connectivity index (χ4v) is 3.35. The van der Waals surface area contributed by atoms with Crippen LogP contribution in [-0.2, 0) is 0 Å². The molecule has 1 amide bonds. The van der Waals surface area contributed by atoms with Crippen molar-refractivity contribution >= 4 is 41.5 Å². The molecule has 1 N–H and O–H groups in total. The van der Waals surface area contributed by atoms with Gasteiger partial charge in [0.25, 0.3) is 5.91 Å². The number of nitrogens with one attached hydrogen (secondary N) is 1. The molecule has 1 aliphatic heterocycles. The minimum atomic E-state index is -0.194. The number of halogens is 3. The number of carbonyl (C=O) groups is 1. The van der Waals surface area contributed by atoms with Crippen molar-refractivity contribution in [3.8, 4) is 0 Å². The van der Waals surface area contributed by atoms with Gasteiger partial charge >= 0.3 is 0 Å². The zero-order chi connectivity index (χ0) is 18.0. The number of piperazine rings is 1. The van der Waals surface area contributed by atoms with Crippen LogP contribution in [0.2, 0.25) is 10.0 Å². The lowest BCUT2D eigenvalue weighted by Crippen LogP contribution is -2.49. The van der Waals surface area contributed by atoms with Crippen molar-refractivity contribution in [2.45, 2.75) is 25.8 Å². The standard InChI is InChI=1S/C18H20Cl2N4O.ClH/c1-11(2)17-22-9-14(20)16(23-17)18(25)24-8-7-21-10-15(24)12-5-3-4-6-13(12)19;/h3-6,9,11,15,21H,7-8,10H2,1-2H3;1H. The van der Waals surface area contributed by atoms with E-state index in [1.807, 2.05) is 38.1 Å². The Morgan fingerprint density at radius 3 is 2.69 bits per heavy atom. The average molecular weight is 416 g/mol. The van der Waals surface area contributed by atoms with Crippen LogP contribution in [0, 0.1) is 0 Å². The minimum absolute atomic E-state index is 0. The van der Waals surface area contributed by atoms with Crippen molar-refractivity contribution in [2.24, 2.45) is 0 Å². The molecular formula is C18H21Cl3N4O. The minimum Gasteiger partial charge on any atom is -0.328 e. The zero-order valence-corrected chi connectivity index (χ0v) is 16.9. The van der Waals surface area contributed by atoms with E-state index < -0.39 is 0 Å². The van der Waals surface area contributed by atoms with Gasteiger partial charge < -0.3 is 10.2 Å². The predicted molar refractivity (Wildman–Crippen MR) is 106 cm³/mol. The molecule has 1 atom stereocenters. The molecule has 1 saturated heterocycles. The number of carbonyl (C=O) groups excluding carboxylic acids is 1. The molecule has 0 aliphatic carbocycles. The number of amides is 1. The van der Waals surface area contributed by atoms with Crippen molar-refractivity contribution < 1.29 is 4.79 Å². The lowest BCUT2D eigenvalue weighted by atomic mass is 10.0. The Balaban J connectivity index is 0.00000243. The molecule has 26 heavy (non-hydrogen) atoms. The number of nitrogens with zero attached hydrogens (tertiary/aromatic N) is 3. The summed E-state index contributed by atoms with van der Waals surface area (Å²) in [5.74, 6) is 0.532. The van der Waals surface area contributed by atoms with Gasteiger partial charge in [-0.25, -0.2) is 9.97 Å². The summed E-state index contributed by atoms with van der Waals surface area (Å²) in [5, 5.41) is 4.24. The van der Waals surface area contributed by atoms with E-state index in [4.69, 9.17) is 23.2 Å². The number of benzene rings is 1. The Kier molecular flexibility index (Phi) is 7.24. The van der Waals surface area contributed by atoms with E-state index in [2.05, 4.69) is 15.3 Å². The largest absolute Gasteiger partial charge is 0.328 e. The third-order valence-electron chi connectivity index (χ3n) is 4.25. The van der Waals surface area contributed by atoms with Crippen LogP contribution in [0.3, 0.4) is 0 Å². The van der Waals surface area contributed by atoms with E-state index in [9.17, 15) is 4.79 Å². The molecule has 1 aliphatic rings. The van der Waals surface area contributed by atoms with Crippen LogP contribution in [0.1, 0.15) is 47.7 Å². The normalized spacial score (nSPS) is 17.1. The molecule has 0 saturated carbocycles. The summed E-state index contributed by atoms with van der Waals surface area (Å²) in [6.45, 7) is 5.87. The number of rotatable bonds is 3. The fraction of sp³-hybridized carbons (Fsp3) is 0.389. The van der Waals surface area contributed by atoms with Crippen molar-refractivity contribution in [1.82, 2.24) is 20.2 Å². The van der Waals surface area contributed by atoms with E-state index in [0.717, 1.165) is 5.56 Å². The summed E-state index contributed by atoms with van der Waals surface area (Å²) in [6, 6.07) is 7.42. The molecule has 0 radical (unpaired) electrons. The van der Waals surface area contributed by atoms with Gasteiger partial charge in [0.15, 0.2) is 5.69 Å². The molecule has 0 spiro atoms. The molecule has 8 heteroatoms. The molecule has 1 aromatic carbocycles. The highest BCUT2D eigenvalue weighted by Gasteiger charge is 2.31. The monoisotopic (exact) mass is 414 g/mol. The predicted octanol–water partition coefficient (Wildman–Crippen LogP) is 4.12. The quantitative estimate of drug-likeness (QED) is 0.819. The maximum Gasteiger partial charge on any atom is 0.274 e. The molecule has 1 unspecified atom stereocenters. The van der Waals surface area contributed by atoms with Gasteiger partial charge in [0, 0.05) is 30.6 Å². The Morgan fingerprint density at radius 1 is 1.27 bits per heavy atom. The molecule has 3 rings (SSSR count). The fourth-order valence-electron chi connectivity index (χ4n) is 2.92. The highest BCUT2D eigenvalue weighted by atomic mass is 35.5. The Hall–Kier alpha value is -1.40. The molecule has 2 heterocycles. The highest BCUT2D eigenvalue weighted by Crippen LogP contribution is 2.30. The van der Waals surface area contributed by atoms with E-state index in [1.165, 1.54) is 6.20 Å². The van der Waals surface area contributed by atoms with Gasteiger partial charge in [0.1, 0.15) is 5.82 Å². The number of hydrogen-bond acceptors (Lipinski definition) is 4. The Bertz CT molecular complexity index is 785. The smallest absolute Gasteiger partial charge is 0.274 e. The second kappa shape index (κ2) is 9.00. The van der Waals surface area contributed by atoms with Crippen LogP contribution in [-0.4, -0.2) is 40.4 Å². The molecule has 1 aromatic heterocycles. The van der Waals surface area contributed by atoms with Crippen molar-refractivity contribution in [3.63, 3.8) is 0 Å². The molecule has 140 valence electrons. The van der Waals surface area contributed by atoms with Crippen LogP contribution >= 0.6 is 35.6 Å². The first-order chi connectivity index (χ1) is 12.0. The Labute approximate surface area is 169 Å². The number of hydrogen-bond donors (Lipinski definition) is 1. The summed E-state index contributed by atoms with van der Waals surface area (Å²) >= 11 is 12.6. The summed E-state index contributed by atoms with van der Waals surface area (Å²) in [5.41, 5.74) is 1.17. The third-order valence-corrected chi connectivity index (χ3v) is 4.87. The van der Waals surface area contributed by atoms with Crippen LogP contribution in [0.4, 0.5) is 0 Å². The lowest BCUT2D eigenvalue weighted by Gasteiger charge is -2.36. The van der Waals surface area contributed by atoms with Crippen LogP contribution in [0.15, 0.2) is 30.5 Å². The first-order valence-corrected chi connectivity index (χ1v) is 9.03. The first kappa shape index (κ1) is 20.9. The second-order valence-corrected chi connectivity index (χ2v) is 7.13. The molecule has 1 fully saturated rings. The molecule has 2 aromatic rings. The van der Waals surface area contributed by atoms with Crippen molar-refractivity contribution in [3.05, 3.63) is 57.6 Å². The van der Waals surface area contributed by atoms with E-state index in [-0.39, 0.29) is 41.0 Å². The van der Waals surface area contributed by atoms with E-state index >= 15 is 0 Å².